The number of hydrogen-bond acceptors (Lipinski definition) is 3. The van der Waals surface area contributed by atoms with Crippen LogP contribution in [-0.2, 0) is 5.41 Å². The molecule has 1 heterocycles. The molecule has 0 bridgehead atoms. The zero-order valence-electron chi connectivity index (χ0n) is 11.9. The maximum Gasteiger partial charge on any atom is 0.298 e. The average molecular weight is 246 g/mol. The molecule has 0 N–H and O–H groups in total. The van der Waals surface area contributed by atoms with Crippen LogP contribution in [0.2, 0.25) is 0 Å². The van der Waals surface area contributed by atoms with Crippen molar-refractivity contribution in [2.45, 2.75) is 40.0 Å². The summed E-state index contributed by atoms with van der Waals surface area (Å²) in [6, 6.07) is 7.00. The zero-order chi connectivity index (χ0) is 13.3. The van der Waals surface area contributed by atoms with Gasteiger partial charge in [-0.25, -0.2) is 0 Å². The minimum atomic E-state index is 0.141. The Balaban J connectivity index is 2.46. The molecular formula is C15H22N2O. The standard InChI is InChI=1S/C15H22N2O/c1-6-17(7-2)14-16-12-10-11(15(3,4)5)8-9-13(12)18-14/h8-10H,6-7H2,1-5H3. The number of oxazole rings is 1. The van der Waals surface area contributed by atoms with Crippen molar-refractivity contribution in [3.05, 3.63) is 23.8 Å². The number of fused-ring (bicyclic) bond motifs is 1. The third-order valence-corrected chi connectivity index (χ3v) is 3.28. The predicted octanol–water partition coefficient (Wildman–Crippen LogP) is 3.97. The van der Waals surface area contributed by atoms with Crippen molar-refractivity contribution < 1.29 is 4.42 Å². The van der Waals surface area contributed by atoms with Crippen LogP contribution < -0.4 is 4.90 Å². The van der Waals surface area contributed by atoms with E-state index in [1.165, 1.54) is 5.56 Å². The highest BCUT2D eigenvalue weighted by Crippen LogP contribution is 2.28. The fraction of sp³-hybridized carbons (Fsp3) is 0.533. The quantitative estimate of drug-likeness (QED) is 0.820. The summed E-state index contributed by atoms with van der Waals surface area (Å²) in [5.41, 5.74) is 3.24. The van der Waals surface area contributed by atoms with Gasteiger partial charge < -0.3 is 9.32 Å². The maximum absolute atomic E-state index is 5.79. The lowest BCUT2D eigenvalue weighted by Gasteiger charge is -2.18. The summed E-state index contributed by atoms with van der Waals surface area (Å²) in [5, 5.41) is 0. The van der Waals surface area contributed by atoms with Crippen molar-refractivity contribution in [2.24, 2.45) is 0 Å². The van der Waals surface area contributed by atoms with Gasteiger partial charge in [0.05, 0.1) is 0 Å². The van der Waals surface area contributed by atoms with E-state index in [1.54, 1.807) is 0 Å². The second kappa shape index (κ2) is 4.63. The van der Waals surface area contributed by atoms with Gasteiger partial charge in [-0.2, -0.15) is 4.98 Å². The molecule has 3 heteroatoms. The Kier molecular flexibility index (Phi) is 3.33. The summed E-state index contributed by atoms with van der Waals surface area (Å²) < 4.78 is 5.79. The highest BCUT2D eigenvalue weighted by atomic mass is 16.4. The van der Waals surface area contributed by atoms with Gasteiger partial charge in [-0.3, -0.25) is 0 Å². The van der Waals surface area contributed by atoms with Gasteiger partial charge in [0.2, 0.25) is 0 Å². The van der Waals surface area contributed by atoms with E-state index in [9.17, 15) is 0 Å². The number of anilines is 1. The first-order valence-electron chi connectivity index (χ1n) is 6.61. The normalized spacial score (nSPS) is 12.1. The lowest BCUT2D eigenvalue weighted by atomic mass is 9.87. The van der Waals surface area contributed by atoms with Gasteiger partial charge in [0.15, 0.2) is 5.58 Å². The third-order valence-electron chi connectivity index (χ3n) is 3.28. The van der Waals surface area contributed by atoms with Crippen molar-refractivity contribution >= 4 is 17.1 Å². The first-order valence-corrected chi connectivity index (χ1v) is 6.61. The van der Waals surface area contributed by atoms with Gasteiger partial charge >= 0.3 is 0 Å². The minimum absolute atomic E-state index is 0.141. The molecule has 0 radical (unpaired) electrons. The average Bonchev–Trinajstić information content (AvgIpc) is 2.71. The molecule has 0 saturated carbocycles. The number of rotatable bonds is 3. The molecular weight excluding hydrogens is 224 g/mol. The summed E-state index contributed by atoms with van der Waals surface area (Å²) in [6.45, 7) is 12.7. The van der Waals surface area contributed by atoms with Crippen LogP contribution in [0, 0.1) is 0 Å². The minimum Gasteiger partial charge on any atom is -0.423 e. The molecule has 0 aliphatic carbocycles. The van der Waals surface area contributed by atoms with E-state index < -0.39 is 0 Å². The van der Waals surface area contributed by atoms with Crippen molar-refractivity contribution in [3.63, 3.8) is 0 Å². The first kappa shape index (κ1) is 12.9. The number of aromatic nitrogens is 1. The van der Waals surface area contributed by atoms with E-state index in [1.807, 2.05) is 6.07 Å². The summed E-state index contributed by atoms with van der Waals surface area (Å²) in [6.07, 6.45) is 0. The predicted molar refractivity (Wildman–Crippen MR) is 76.3 cm³/mol. The van der Waals surface area contributed by atoms with Gasteiger partial charge in [0, 0.05) is 13.1 Å². The largest absolute Gasteiger partial charge is 0.423 e. The molecule has 2 aromatic rings. The van der Waals surface area contributed by atoms with Crippen molar-refractivity contribution in [3.8, 4) is 0 Å². The van der Waals surface area contributed by atoms with Gasteiger partial charge in [-0.1, -0.05) is 26.8 Å². The molecule has 1 aromatic carbocycles. The van der Waals surface area contributed by atoms with E-state index in [4.69, 9.17) is 4.42 Å². The van der Waals surface area contributed by atoms with Crippen LogP contribution in [0.3, 0.4) is 0 Å². The Morgan fingerprint density at radius 2 is 1.83 bits per heavy atom. The van der Waals surface area contributed by atoms with Crippen LogP contribution >= 0.6 is 0 Å². The topological polar surface area (TPSA) is 29.3 Å². The molecule has 0 aliphatic heterocycles. The molecule has 0 atom stereocenters. The summed E-state index contributed by atoms with van der Waals surface area (Å²) in [5.74, 6) is 0. The van der Waals surface area contributed by atoms with E-state index in [2.05, 4.69) is 56.6 Å². The molecule has 0 unspecified atom stereocenters. The summed E-state index contributed by atoms with van der Waals surface area (Å²) in [7, 11) is 0. The molecule has 2 rings (SSSR count). The van der Waals surface area contributed by atoms with Crippen LogP contribution in [0.1, 0.15) is 40.2 Å². The van der Waals surface area contributed by atoms with E-state index in [0.717, 1.165) is 30.2 Å². The van der Waals surface area contributed by atoms with Gasteiger partial charge in [-0.05, 0) is 37.0 Å². The molecule has 98 valence electrons. The number of benzene rings is 1. The van der Waals surface area contributed by atoms with E-state index in [-0.39, 0.29) is 5.41 Å². The number of hydrogen-bond donors (Lipinski definition) is 0. The van der Waals surface area contributed by atoms with Crippen LogP contribution in [0.4, 0.5) is 6.01 Å². The van der Waals surface area contributed by atoms with Crippen molar-refractivity contribution in [1.82, 2.24) is 4.98 Å². The zero-order valence-corrected chi connectivity index (χ0v) is 11.9. The monoisotopic (exact) mass is 246 g/mol. The Labute approximate surface area is 109 Å². The fourth-order valence-electron chi connectivity index (χ4n) is 2.01. The highest BCUT2D eigenvalue weighted by molar-refractivity contribution is 5.75. The van der Waals surface area contributed by atoms with Crippen LogP contribution in [-0.4, -0.2) is 18.1 Å². The second-order valence-corrected chi connectivity index (χ2v) is 5.60. The van der Waals surface area contributed by atoms with Crippen molar-refractivity contribution in [2.75, 3.05) is 18.0 Å². The Morgan fingerprint density at radius 3 is 2.39 bits per heavy atom. The first-order chi connectivity index (χ1) is 8.45. The second-order valence-electron chi connectivity index (χ2n) is 5.60. The van der Waals surface area contributed by atoms with Crippen molar-refractivity contribution in [1.29, 1.82) is 0 Å². The Morgan fingerprint density at radius 1 is 1.17 bits per heavy atom. The molecule has 18 heavy (non-hydrogen) atoms. The molecule has 1 aromatic heterocycles. The van der Waals surface area contributed by atoms with E-state index >= 15 is 0 Å². The Hall–Kier alpha value is -1.51. The summed E-state index contributed by atoms with van der Waals surface area (Å²) >= 11 is 0. The van der Waals surface area contributed by atoms with Crippen LogP contribution in [0.5, 0.6) is 0 Å². The number of nitrogens with zero attached hydrogens (tertiary/aromatic N) is 2. The smallest absolute Gasteiger partial charge is 0.298 e. The van der Waals surface area contributed by atoms with Gasteiger partial charge in [-0.15, -0.1) is 0 Å². The molecule has 0 saturated heterocycles. The highest BCUT2D eigenvalue weighted by Gasteiger charge is 2.16. The molecule has 0 amide bonds. The molecule has 0 fully saturated rings. The van der Waals surface area contributed by atoms with E-state index in [0.29, 0.717) is 0 Å². The maximum atomic E-state index is 5.79. The van der Waals surface area contributed by atoms with Gasteiger partial charge in [0.1, 0.15) is 5.52 Å². The molecule has 0 aliphatic rings. The van der Waals surface area contributed by atoms with Crippen LogP contribution in [0.15, 0.2) is 22.6 Å². The lowest BCUT2D eigenvalue weighted by Crippen LogP contribution is -2.21. The molecule has 3 nitrogen and oxygen atoms in total. The fourth-order valence-corrected chi connectivity index (χ4v) is 2.01. The third kappa shape index (κ3) is 2.35. The van der Waals surface area contributed by atoms with Gasteiger partial charge in [0.25, 0.3) is 6.01 Å². The lowest BCUT2D eigenvalue weighted by molar-refractivity contribution is 0.574. The molecule has 0 spiro atoms. The SMILES string of the molecule is CCN(CC)c1nc2cc(C(C)(C)C)ccc2o1. The Bertz CT molecular complexity index is 533. The summed E-state index contributed by atoms with van der Waals surface area (Å²) in [4.78, 5) is 6.71. The van der Waals surface area contributed by atoms with Crippen LogP contribution in [0.25, 0.3) is 11.1 Å².